The van der Waals surface area contributed by atoms with Crippen molar-refractivity contribution in [3.05, 3.63) is 69.9 Å². The van der Waals surface area contributed by atoms with Crippen LogP contribution in [-0.2, 0) is 13.2 Å². The minimum absolute atomic E-state index is 0.148. The van der Waals surface area contributed by atoms with Gasteiger partial charge in [0.15, 0.2) is 0 Å². The predicted molar refractivity (Wildman–Crippen MR) is 98.8 cm³/mol. The van der Waals surface area contributed by atoms with Crippen LogP contribution in [0, 0.1) is 5.82 Å². The third-order valence-electron chi connectivity index (χ3n) is 3.86. The molecule has 0 saturated heterocycles. The fourth-order valence-electron chi connectivity index (χ4n) is 2.42. The van der Waals surface area contributed by atoms with Gasteiger partial charge in [0.1, 0.15) is 18.2 Å². The predicted octanol–water partition coefficient (Wildman–Crippen LogP) is 4.17. The van der Waals surface area contributed by atoms with E-state index in [2.05, 4.69) is 10.4 Å². The molecule has 1 atom stereocenters. The summed E-state index contributed by atoms with van der Waals surface area (Å²) in [7, 11) is 0. The lowest BCUT2D eigenvalue weighted by atomic mass is 10.2. The number of nitrogens with one attached hydrogen (secondary N) is 1. The summed E-state index contributed by atoms with van der Waals surface area (Å²) in [6, 6.07) is 9.50. The average molecular weight is 373 g/mol. The van der Waals surface area contributed by atoms with Crippen LogP contribution < -0.4 is 10.1 Å². The molecule has 3 aromatic rings. The van der Waals surface area contributed by atoms with E-state index in [0.29, 0.717) is 10.6 Å². The van der Waals surface area contributed by atoms with E-state index in [1.54, 1.807) is 18.2 Å². The van der Waals surface area contributed by atoms with Crippen molar-refractivity contribution in [2.45, 2.75) is 33.0 Å². The van der Waals surface area contributed by atoms with E-state index in [9.17, 15) is 9.18 Å². The summed E-state index contributed by atoms with van der Waals surface area (Å²) in [4.78, 5) is 13.0. The number of aryl methyl sites for hydroxylation is 1. The fourth-order valence-corrected chi connectivity index (χ4v) is 3.22. The number of ether oxygens (including phenoxy) is 1. The minimum atomic E-state index is -0.340. The van der Waals surface area contributed by atoms with Crippen LogP contribution >= 0.6 is 11.3 Å². The number of carbonyl (C=O) groups excluding carboxylic acids is 1. The molecule has 2 heterocycles. The average Bonchev–Trinajstić information content (AvgIpc) is 3.29. The van der Waals surface area contributed by atoms with E-state index >= 15 is 0 Å². The van der Waals surface area contributed by atoms with Gasteiger partial charge in [-0.2, -0.15) is 5.10 Å². The smallest absolute Gasteiger partial charge is 0.261 e. The summed E-state index contributed by atoms with van der Waals surface area (Å²) < 4.78 is 20.5. The number of aromatic nitrogens is 2. The van der Waals surface area contributed by atoms with Gasteiger partial charge in [0.2, 0.25) is 0 Å². The van der Waals surface area contributed by atoms with Crippen molar-refractivity contribution < 1.29 is 13.9 Å². The zero-order chi connectivity index (χ0) is 18.5. The van der Waals surface area contributed by atoms with Gasteiger partial charge in [0, 0.05) is 24.4 Å². The summed E-state index contributed by atoms with van der Waals surface area (Å²) in [5.74, 6) is -0.0275. The molecule has 0 aliphatic rings. The minimum Gasteiger partial charge on any atom is -0.489 e. The Morgan fingerprint density at radius 1 is 1.38 bits per heavy atom. The molecular weight excluding hydrogens is 353 g/mol. The molecular formula is C19H20FN3O2S. The van der Waals surface area contributed by atoms with Crippen LogP contribution in [0.5, 0.6) is 5.75 Å². The molecule has 26 heavy (non-hydrogen) atoms. The quantitative estimate of drug-likeness (QED) is 0.676. The van der Waals surface area contributed by atoms with Gasteiger partial charge in [-0.3, -0.25) is 9.48 Å². The molecule has 2 aromatic heterocycles. The topological polar surface area (TPSA) is 56.2 Å². The maximum atomic E-state index is 13.2. The lowest BCUT2D eigenvalue weighted by Crippen LogP contribution is -2.26. The molecule has 1 unspecified atom stereocenters. The van der Waals surface area contributed by atoms with E-state index in [1.807, 2.05) is 36.2 Å². The number of rotatable bonds is 7. The first-order chi connectivity index (χ1) is 12.5. The van der Waals surface area contributed by atoms with Crippen LogP contribution in [0.4, 0.5) is 4.39 Å². The molecule has 0 radical (unpaired) electrons. The van der Waals surface area contributed by atoms with Crippen LogP contribution in [0.3, 0.4) is 0 Å². The molecule has 0 spiro atoms. The Hall–Kier alpha value is -2.67. The summed E-state index contributed by atoms with van der Waals surface area (Å²) >= 11 is 1.35. The third-order valence-corrected chi connectivity index (χ3v) is 4.83. The SMILES string of the molecule is CCn1ccc(C(C)NC(=O)c2cc(COc3cccc(F)c3)cs2)n1. The zero-order valence-corrected chi connectivity index (χ0v) is 15.4. The Morgan fingerprint density at radius 2 is 2.23 bits per heavy atom. The first-order valence-corrected chi connectivity index (χ1v) is 9.23. The number of nitrogens with zero attached hydrogens (tertiary/aromatic N) is 2. The molecule has 3 rings (SSSR count). The molecule has 0 fully saturated rings. The van der Waals surface area contributed by atoms with Gasteiger partial charge in [0.25, 0.3) is 5.91 Å². The van der Waals surface area contributed by atoms with Crippen molar-refractivity contribution in [1.29, 1.82) is 0 Å². The molecule has 1 amide bonds. The second-order valence-corrected chi connectivity index (χ2v) is 6.77. The Balaban J connectivity index is 1.57. The Labute approximate surface area is 155 Å². The van der Waals surface area contributed by atoms with Gasteiger partial charge in [0.05, 0.1) is 16.6 Å². The highest BCUT2D eigenvalue weighted by Crippen LogP contribution is 2.19. The highest BCUT2D eigenvalue weighted by atomic mass is 32.1. The molecule has 136 valence electrons. The van der Waals surface area contributed by atoms with Crippen molar-refractivity contribution in [3.63, 3.8) is 0 Å². The number of benzene rings is 1. The normalized spacial score (nSPS) is 12.0. The second-order valence-electron chi connectivity index (χ2n) is 5.86. The van der Waals surface area contributed by atoms with Crippen molar-refractivity contribution in [2.24, 2.45) is 0 Å². The molecule has 5 nitrogen and oxygen atoms in total. The summed E-state index contributed by atoms with van der Waals surface area (Å²) in [6.07, 6.45) is 1.89. The Kier molecular flexibility index (Phi) is 5.68. The van der Waals surface area contributed by atoms with Gasteiger partial charge in [-0.05, 0) is 43.5 Å². The van der Waals surface area contributed by atoms with Crippen LogP contribution in [0.25, 0.3) is 0 Å². The van der Waals surface area contributed by atoms with E-state index < -0.39 is 0 Å². The van der Waals surface area contributed by atoms with Gasteiger partial charge < -0.3 is 10.1 Å². The van der Waals surface area contributed by atoms with E-state index in [1.165, 1.54) is 23.5 Å². The van der Waals surface area contributed by atoms with Gasteiger partial charge in [-0.25, -0.2) is 4.39 Å². The second kappa shape index (κ2) is 8.14. The van der Waals surface area contributed by atoms with Crippen molar-refractivity contribution in [1.82, 2.24) is 15.1 Å². The summed E-state index contributed by atoms with van der Waals surface area (Å²) in [6.45, 7) is 4.99. The first-order valence-electron chi connectivity index (χ1n) is 8.35. The largest absolute Gasteiger partial charge is 0.489 e. The number of hydrogen-bond acceptors (Lipinski definition) is 4. The standard InChI is InChI=1S/C19H20FN3O2S/c1-3-23-8-7-17(22-23)13(2)21-19(24)18-9-14(12-26-18)11-25-16-6-4-5-15(20)10-16/h4-10,12-13H,3,11H2,1-2H3,(H,21,24). The molecule has 0 bridgehead atoms. The maximum Gasteiger partial charge on any atom is 0.261 e. The Morgan fingerprint density at radius 3 is 2.96 bits per heavy atom. The monoisotopic (exact) mass is 373 g/mol. The highest BCUT2D eigenvalue weighted by Gasteiger charge is 2.15. The van der Waals surface area contributed by atoms with Crippen LogP contribution in [-0.4, -0.2) is 15.7 Å². The van der Waals surface area contributed by atoms with Gasteiger partial charge in [-0.15, -0.1) is 11.3 Å². The fraction of sp³-hybridized carbons (Fsp3) is 0.263. The number of hydrogen-bond donors (Lipinski definition) is 1. The third kappa shape index (κ3) is 4.49. The molecule has 7 heteroatoms. The van der Waals surface area contributed by atoms with E-state index in [0.717, 1.165) is 17.8 Å². The van der Waals surface area contributed by atoms with Crippen molar-refractivity contribution in [3.8, 4) is 5.75 Å². The number of amides is 1. The maximum absolute atomic E-state index is 13.2. The zero-order valence-electron chi connectivity index (χ0n) is 14.6. The highest BCUT2D eigenvalue weighted by molar-refractivity contribution is 7.12. The summed E-state index contributed by atoms with van der Waals surface area (Å²) in [5.41, 5.74) is 1.69. The van der Waals surface area contributed by atoms with E-state index in [-0.39, 0.29) is 24.4 Å². The molecule has 0 aliphatic carbocycles. The lowest BCUT2D eigenvalue weighted by Gasteiger charge is -2.10. The number of halogens is 1. The Bertz CT molecular complexity index is 890. The molecule has 1 N–H and O–H groups in total. The van der Waals surface area contributed by atoms with Crippen LogP contribution in [0.15, 0.2) is 48.0 Å². The van der Waals surface area contributed by atoms with Gasteiger partial charge >= 0.3 is 0 Å². The van der Waals surface area contributed by atoms with Crippen LogP contribution in [0.1, 0.15) is 40.8 Å². The molecule has 1 aromatic carbocycles. The molecule has 0 aliphatic heterocycles. The van der Waals surface area contributed by atoms with Crippen molar-refractivity contribution >= 4 is 17.2 Å². The first kappa shape index (κ1) is 18.1. The van der Waals surface area contributed by atoms with Gasteiger partial charge in [-0.1, -0.05) is 6.07 Å². The molecule has 0 saturated carbocycles. The van der Waals surface area contributed by atoms with Crippen molar-refractivity contribution in [2.75, 3.05) is 0 Å². The van der Waals surface area contributed by atoms with Crippen LogP contribution in [0.2, 0.25) is 0 Å². The number of carbonyl (C=O) groups is 1. The number of thiophene rings is 1. The van der Waals surface area contributed by atoms with E-state index in [4.69, 9.17) is 4.74 Å². The lowest BCUT2D eigenvalue weighted by molar-refractivity contribution is 0.0943. The summed E-state index contributed by atoms with van der Waals surface area (Å²) in [5, 5.41) is 9.22.